The summed E-state index contributed by atoms with van der Waals surface area (Å²) in [6, 6.07) is 12.4. The highest BCUT2D eigenvalue weighted by Gasteiger charge is 2.14. The van der Waals surface area contributed by atoms with Gasteiger partial charge in [-0.2, -0.15) is 0 Å². The lowest BCUT2D eigenvalue weighted by atomic mass is 10.2. The van der Waals surface area contributed by atoms with Crippen LogP contribution in [0, 0.1) is 6.92 Å². The number of hydrogen-bond acceptors (Lipinski definition) is 6. The number of nitrogens with zero attached hydrogens (tertiary/aromatic N) is 4. The Hall–Kier alpha value is -2.51. The Morgan fingerprint density at radius 2 is 1.92 bits per heavy atom. The fourth-order valence-corrected chi connectivity index (χ4v) is 4.20. The van der Waals surface area contributed by atoms with Crippen molar-refractivity contribution in [3.63, 3.8) is 0 Å². The second-order valence-corrected chi connectivity index (χ2v) is 7.84. The first-order chi connectivity index (χ1) is 12.7. The lowest BCUT2D eigenvalue weighted by molar-refractivity contribution is 0.660. The second-order valence-electron chi connectivity index (χ2n) is 5.87. The topological polar surface area (TPSA) is 60.7 Å². The Bertz CT molecular complexity index is 1090. The number of rotatable bonds is 5. The van der Waals surface area contributed by atoms with Crippen LogP contribution in [0.5, 0.6) is 0 Å². The van der Waals surface area contributed by atoms with E-state index in [1.165, 1.54) is 17.3 Å². The summed E-state index contributed by atoms with van der Waals surface area (Å²) >= 11 is 3.17. The summed E-state index contributed by atoms with van der Waals surface area (Å²) in [5, 5.41) is 2.67. The molecule has 0 radical (unpaired) electrons. The van der Waals surface area contributed by atoms with Crippen molar-refractivity contribution in [1.29, 1.82) is 0 Å². The van der Waals surface area contributed by atoms with Crippen molar-refractivity contribution in [2.45, 2.75) is 24.4 Å². The quantitative estimate of drug-likeness (QED) is 0.388. The van der Waals surface area contributed by atoms with Crippen molar-refractivity contribution in [2.75, 3.05) is 0 Å². The van der Waals surface area contributed by atoms with Gasteiger partial charge < -0.3 is 0 Å². The number of thioether (sulfide) groups is 1. The van der Waals surface area contributed by atoms with Crippen molar-refractivity contribution >= 4 is 34.3 Å². The molecule has 0 bridgehead atoms. The average Bonchev–Trinajstić information content (AvgIpc) is 3.17. The van der Waals surface area contributed by atoms with E-state index < -0.39 is 0 Å². The van der Waals surface area contributed by atoms with Crippen molar-refractivity contribution in [3.8, 4) is 0 Å². The van der Waals surface area contributed by atoms with Gasteiger partial charge in [-0.05, 0) is 23.9 Å². The highest BCUT2D eigenvalue weighted by Crippen LogP contribution is 2.23. The molecular weight excluding hydrogens is 364 g/mol. The molecule has 3 heterocycles. The maximum atomic E-state index is 12.9. The van der Waals surface area contributed by atoms with Gasteiger partial charge in [0.05, 0.1) is 6.54 Å². The fraction of sp³-hybridized carbons (Fsp3) is 0.158. The van der Waals surface area contributed by atoms with E-state index in [1.54, 1.807) is 33.9 Å². The Balaban J connectivity index is 1.73. The maximum absolute atomic E-state index is 12.9. The van der Waals surface area contributed by atoms with Gasteiger partial charge in [-0.25, -0.2) is 15.0 Å². The highest BCUT2D eigenvalue weighted by molar-refractivity contribution is 7.98. The van der Waals surface area contributed by atoms with Gasteiger partial charge in [0.15, 0.2) is 16.3 Å². The molecule has 3 aromatic heterocycles. The summed E-state index contributed by atoms with van der Waals surface area (Å²) in [7, 11) is 0. The van der Waals surface area contributed by atoms with Crippen LogP contribution in [-0.2, 0) is 12.3 Å². The Morgan fingerprint density at radius 3 is 2.69 bits per heavy atom. The zero-order valence-electron chi connectivity index (χ0n) is 14.1. The number of aryl methyl sites for hydroxylation is 1. The minimum atomic E-state index is -0.150. The van der Waals surface area contributed by atoms with Gasteiger partial charge in [-0.3, -0.25) is 9.36 Å². The van der Waals surface area contributed by atoms with Crippen LogP contribution in [0.2, 0.25) is 0 Å². The van der Waals surface area contributed by atoms with Crippen LogP contribution in [0.25, 0.3) is 11.2 Å². The van der Waals surface area contributed by atoms with E-state index in [1.807, 2.05) is 17.5 Å². The SMILES string of the molecule is Cc1ccc(CSc2nc3nccnc3c(=O)n2Cc2cccs2)cc1. The fourth-order valence-electron chi connectivity index (χ4n) is 2.57. The minimum absolute atomic E-state index is 0.150. The molecule has 0 aliphatic carbocycles. The third-order valence-electron chi connectivity index (χ3n) is 3.94. The number of thiophene rings is 1. The third kappa shape index (κ3) is 3.54. The molecule has 0 saturated heterocycles. The van der Waals surface area contributed by atoms with E-state index >= 15 is 0 Å². The molecule has 0 spiro atoms. The van der Waals surface area contributed by atoms with Crippen LogP contribution in [0.15, 0.2) is 64.1 Å². The lowest BCUT2D eigenvalue weighted by Gasteiger charge is -2.11. The van der Waals surface area contributed by atoms with Crippen LogP contribution in [0.1, 0.15) is 16.0 Å². The minimum Gasteiger partial charge on any atom is -0.280 e. The number of hydrogen-bond donors (Lipinski definition) is 0. The monoisotopic (exact) mass is 380 g/mol. The molecular formula is C19H16N4OS2. The molecule has 0 fully saturated rings. The van der Waals surface area contributed by atoms with Gasteiger partial charge in [0.2, 0.25) is 0 Å². The van der Waals surface area contributed by atoms with E-state index in [2.05, 4.69) is 46.1 Å². The molecule has 4 rings (SSSR count). The van der Waals surface area contributed by atoms with Crippen LogP contribution in [0.3, 0.4) is 0 Å². The summed E-state index contributed by atoms with van der Waals surface area (Å²) in [5.74, 6) is 0.739. The number of benzene rings is 1. The summed E-state index contributed by atoms with van der Waals surface area (Å²) in [4.78, 5) is 27.0. The molecule has 130 valence electrons. The van der Waals surface area contributed by atoms with Crippen LogP contribution < -0.4 is 5.56 Å². The average molecular weight is 380 g/mol. The summed E-state index contributed by atoms with van der Waals surface area (Å²) in [6.07, 6.45) is 3.09. The van der Waals surface area contributed by atoms with E-state index in [0.717, 1.165) is 10.6 Å². The molecule has 4 aromatic rings. The summed E-state index contributed by atoms with van der Waals surface area (Å²) < 4.78 is 1.70. The van der Waals surface area contributed by atoms with Gasteiger partial charge in [-0.1, -0.05) is 47.7 Å². The first-order valence-electron chi connectivity index (χ1n) is 8.13. The van der Waals surface area contributed by atoms with E-state index in [9.17, 15) is 4.79 Å². The van der Waals surface area contributed by atoms with Crippen LogP contribution >= 0.6 is 23.1 Å². The van der Waals surface area contributed by atoms with Gasteiger partial charge in [0.1, 0.15) is 0 Å². The van der Waals surface area contributed by atoms with E-state index in [4.69, 9.17) is 0 Å². The predicted molar refractivity (Wildman–Crippen MR) is 106 cm³/mol. The first kappa shape index (κ1) is 16.9. The van der Waals surface area contributed by atoms with Gasteiger partial charge >= 0.3 is 0 Å². The van der Waals surface area contributed by atoms with Crippen molar-refractivity contribution < 1.29 is 0 Å². The Labute approximate surface area is 158 Å². The third-order valence-corrected chi connectivity index (χ3v) is 5.85. The molecule has 0 aliphatic heterocycles. The molecule has 1 aromatic carbocycles. The smallest absolute Gasteiger partial charge is 0.280 e. The second kappa shape index (κ2) is 7.39. The molecule has 26 heavy (non-hydrogen) atoms. The van der Waals surface area contributed by atoms with Crippen molar-refractivity contribution in [3.05, 3.63) is 80.5 Å². The standard InChI is InChI=1S/C19H16N4OS2/c1-13-4-6-14(7-5-13)12-26-19-22-17-16(20-8-9-21-17)18(24)23(19)11-15-3-2-10-25-15/h2-10H,11-12H2,1H3. The van der Waals surface area contributed by atoms with Crippen LogP contribution in [0.4, 0.5) is 0 Å². The van der Waals surface area contributed by atoms with E-state index in [0.29, 0.717) is 22.9 Å². The first-order valence-corrected chi connectivity index (χ1v) is 9.99. The van der Waals surface area contributed by atoms with Crippen LogP contribution in [-0.4, -0.2) is 19.5 Å². The van der Waals surface area contributed by atoms with Crippen molar-refractivity contribution in [1.82, 2.24) is 19.5 Å². The molecule has 0 amide bonds. The van der Waals surface area contributed by atoms with Crippen molar-refractivity contribution in [2.24, 2.45) is 0 Å². The number of fused-ring (bicyclic) bond motifs is 1. The maximum Gasteiger partial charge on any atom is 0.282 e. The highest BCUT2D eigenvalue weighted by atomic mass is 32.2. The molecule has 0 aliphatic rings. The van der Waals surface area contributed by atoms with Gasteiger partial charge in [0, 0.05) is 23.0 Å². The molecule has 0 unspecified atom stereocenters. The zero-order chi connectivity index (χ0) is 17.9. The van der Waals surface area contributed by atoms with E-state index in [-0.39, 0.29) is 5.56 Å². The number of aromatic nitrogens is 4. The zero-order valence-corrected chi connectivity index (χ0v) is 15.8. The molecule has 0 saturated carbocycles. The van der Waals surface area contributed by atoms with Gasteiger partial charge in [0.25, 0.3) is 5.56 Å². The normalized spacial score (nSPS) is 11.1. The molecule has 0 N–H and O–H groups in total. The summed E-state index contributed by atoms with van der Waals surface area (Å²) in [6.45, 7) is 2.56. The Kier molecular flexibility index (Phi) is 4.81. The molecule has 7 heteroatoms. The lowest BCUT2D eigenvalue weighted by Crippen LogP contribution is -2.24. The molecule has 0 atom stereocenters. The molecule has 5 nitrogen and oxygen atoms in total. The van der Waals surface area contributed by atoms with Gasteiger partial charge in [-0.15, -0.1) is 11.3 Å². The Morgan fingerprint density at radius 1 is 1.12 bits per heavy atom. The predicted octanol–water partition coefficient (Wildman–Crippen LogP) is 3.90. The summed E-state index contributed by atoms with van der Waals surface area (Å²) in [5.41, 5.74) is 2.97. The largest absolute Gasteiger partial charge is 0.282 e.